The van der Waals surface area contributed by atoms with Crippen molar-refractivity contribution < 1.29 is 17.9 Å². The van der Waals surface area contributed by atoms with Gasteiger partial charge in [0.1, 0.15) is 12.3 Å². The van der Waals surface area contributed by atoms with Gasteiger partial charge in [0.15, 0.2) is 0 Å². The first kappa shape index (κ1) is 20.1. The molecule has 0 bridgehead atoms. The number of amides is 1. The second-order valence-electron chi connectivity index (χ2n) is 5.56. The van der Waals surface area contributed by atoms with Gasteiger partial charge in [-0.25, -0.2) is 8.42 Å². The van der Waals surface area contributed by atoms with Crippen molar-refractivity contribution in [3.63, 3.8) is 0 Å². The molecule has 0 N–H and O–H groups in total. The third-order valence-electron chi connectivity index (χ3n) is 3.77. The van der Waals surface area contributed by atoms with Crippen molar-refractivity contribution in [2.75, 3.05) is 35.7 Å². The maximum atomic E-state index is 12.8. The number of halogens is 1. The van der Waals surface area contributed by atoms with Crippen molar-refractivity contribution >= 4 is 38.9 Å². The monoisotopic (exact) mass is 396 g/mol. The Balaban J connectivity index is 2.41. The minimum absolute atomic E-state index is 0.222. The van der Waals surface area contributed by atoms with Crippen LogP contribution in [0.1, 0.15) is 6.92 Å². The molecule has 0 radical (unpaired) electrons. The van der Waals surface area contributed by atoms with E-state index in [4.69, 9.17) is 16.3 Å². The summed E-state index contributed by atoms with van der Waals surface area (Å²) in [6, 6.07) is 13.7. The van der Waals surface area contributed by atoms with Gasteiger partial charge in [-0.1, -0.05) is 29.8 Å². The maximum Gasteiger partial charge on any atom is 0.247 e. The number of benzene rings is 2. The first-order valence-corrected chi connectivity index (χ1v) is 10.2. The van der Waals surface area contributed by atoms with Crippen LogP contribution in [-0.2, 0) is 14.8 Å². The van der Waals surface area contributed by atoms with Crippen molar-refractivity contribution in [3.8, 4) is 5.75 Å². The van der Waals surface area contributed by atoms with E-state index in [1.165, 1.54) is 18.1 Å². The minimum Gasteiger partial charge on any atom is -0.495 e. The molecule has 2 aromatic carbocycles. The third kappa shape index (κ3) is 4.68. The van der Waals surface area contributed by atoms with E-state index in [9.17, 15) is 13.2 Å². The molecule has 6 nitrogen and oxygen atoms in total. The molecule has 0 aromatic heterocycles. The van der Waals surface area contributed by atoms with Crippen molar-refractivity contribution in [1.29, 1.82) is 0 Å². The quantitative estimate of drug-likeness (QED) is 0.721. The van der Waals surface area contributed by atoms with E-state index in [1.807, 2.05) is 25.1 Å². The summed E-state index contributed by atoms with van der Waals surface area (Å²) in [5.41, 5.74) is 0.923. The number of sulfonamides is 1. The lowest BCUT2D eigenvalue weighted by Crippen LogP contribution is -2.43. The van der Waals surface area contributed by atoms with Gasteiger partial charge in [-0.15, -0.1) is 0 Å². The largest absolute Gasteiger partial charge is 0.495 e. The number of nitrogens with zero attached hydrogens (tertiary/aromatic N) is 2. The number of para-hydroxylation sites is 1. The standard InChI is InChI=1S/C18H21ClN2O4S/c1-4-20(15-8-6-5-7-9-15)18(22)13-21(26(3,23)24)16-12-14(19)10-11-17(16)25-2/h5-12H,4,13H2,1-3H3. The average Bonchev–Trinajstić information content (AvgIpc) is 2.60. The summed E-state index contributed by atoms with van der Waals surface area (Å²) in [5, 5.41) is 0.345. The van der Waals surface area contributed by atoms with Crippen LogP contribution in [0.4, 0.5) is 11.4 Å². The van der Waals surface area contributed by atoms with E-state index in [-0.39, 0.29) is 18.1 Å². The van der Waals surface area contributed by atoms with Crippen LogP contribution in [0.3, 0.4) is 0 Å². The summed E-state index contributed by atoms with van der Waals surface area (Å²) in [6.45, 7) is 1.88. The molecule has 0 saturated heterocycles. The van der Waals surface area contributed by atoms with Crippen LogP contribution >= 0.6 is 11.6 Å². The van der Waals surface area contributed by atoms with E-state index in [0.717, 1.165) is 10.6 Å². The summed E-state index contributed by atoms with van der Waals surface area (Å²) in [6.07, 6.45) is 1.04. The number of methoxy groups -OCH3 is 1. The third-order valence-corrected chi connectivity index (χ3v) is 5.14. The highest BCUT2D eigenvalue weighted by molar-refractivity contribution is 7.92. The molecule has 0 fully saturated rings. The van der Waals surface area contributed by atoms with Crippen LogP contribution in [0.2, 0.25) is 5.02 Å². The predicted molar refractivity (Wildman–Crippen MR) is 105 cm³/mol. The second kappa shape index (κ2) is 8.42. The Hall–Kier alpha value is -2.25. The number of carbonyl (C=O) groups excluding carboxylic acids is 1. The number of hydrogen-bond acceptors (Lipinski definition) is 4. The van der Waals surface area contributed by atoms with Crippen LogP contribution in [0.25, 0.3) is 0 Å². The maximum absolute atomic E-state index is 12.8. The molecule has 26 heavy (non-hydrogen) atoms. The number of likely N-dealkylation sites (N-methyl/N-ethyl adjacent to an activating group) is 1. The van der Waals surface area contributed by atoms with Gasteiger partial charge < -0.3 is 9.64 Å². The van der Waals surface area contributed by atoms with Crippen molar-refractivity contribution in [3.05, 3.63) is 53.6 Å². The Morgan fingerprint density at radius 1 is 1.15 bits per heavy atom. The summed E-state index contributed by atoms with van der Waals surface area (Å²) in [7, 11) is -2.31. The zero-order valence-corrected chi connectivity index (χ0v) is 16.4. The van der Waals surface area contributed by atoms with Gasteiger partial charge in [0.05, 0.1) is 19.1 Å². The smallest absolute Gasteiger partial charge is 0.247 e. The first-order chi connectivity index (χ1) is 12.3. The van der Waals surface area contributed by atoms with Gasteiger partial charge in [0.25, 0.3) is 0 Å². The van der Waals surface area contributed by atoms with E-state index >= 15 is 0 Å². The van der Waals surface area contributed by atoms with Gasteiger partial charge in [-0.2, -0.15) is 0 Å². The highest BCUT2D eigenvalue weighted by Gasteiger charge is 2.26. The molecule has 0 aliphatic carbocycles. The zero-order valence-electron chi connectivity index (χ0n) is 14.8. The van der Waals surface area contributed by atoms with Crippen LogP contribution in [0, 0.1) is 0 Å². The van der Waals surface area contributed by atoms with Crippen LogP contribution < -0.4 is 13.9 Å². The molecule has 0 heterocycles. The van der Waals surface area contributed by atoms with Crippen LogP contribution in [-0.4, -0.2) is 40.8 Å². The van der Waals surface area contributed by atoms with Crippen molar-refractivity contribution in [2.45, 2.75) is 6.92 Å². The second-order valence-corrected chi connectivity index (χ2v) is 7.90. The molecule has 2 aromatic rings. The number of carbonyl (C=O) groups is 1. The lowest BCUT2D eigenvalue weighted by atomic mass is 10.2. The van der Waals surface area contributed by atoms with Gasteiger partial charge in [-0.3, -0.25) is 9.10 Å². The van der Waals surface area contributed by atoms with Crippen molar-refractivity contribution in [1.82, 2.24) is 0 Å². The summed E-state index contributed by atoms with van der Waals surface area (Å²) >= 11 is 6.02. The van der Waals surface area contributed by atoms with Crippen LogP contribution in [0.5, 0.6) is 5.75 Å². The summed E-state index contributed by atoms with van der Waals surface area (Å²) in [5.74, 6) is -0.0402. The van der Waals surface area contributed by atoms with E-state index < -0.39 is 10.0 Å². The molecule has 1 amide bonds. The molecule has 0 spiro atoms. The molecular weight excluding hydrogens is 376 g/mol. The minimum atomic E-state index is -3.74. The summed E-state index contributed by atoms with van der Waals surface area (Å²) in [4.78, 5) is 14.4. The number of hydrogen-bond donors (Lipinski definition) is 0. The SMILES string of the molecule is CCN(C(=O)CN(c1cc(Cl)ccc1OC)S(C)(=O)=O)c1ccccc1. The Labute approximate surface area is 159 Å². The Morgan fingerprint density at radius 2 is 1.81 bits per heavy atom. The van der Waals surface area contributed by atoms with Gasteiger partial charge in [0, 0.05) is 17.3 Å². The molecule has 0 aliphatic rings. The molecule has 2 rings (SSSR count). The number of ether oxygens (including phenoxy) is 1. The van der Waals surface area contributed by atoms with Gasteiger partial charge >= 0.3 is 0 Å². The Morgan fingerprint density at radius 3 is 2.35 bits per heavy atom. The number of anilines is 2. The fourth-order valence-electron chi connectivity index (χ4n) is 2.56. The zero-order chi connectivity index (χ0) is 19.3. The van der Waals surface area contributed by atoms with Crippen molar-refractivity contribution in [2.24, 2.45) is 0 Å². The fourth-order valence-corrected chi connectivity index (χ4v) is 3.57. The first-order valence-electron chi connectivity index (χ1n) is 7.94. The van der Waals surface area contributed by atoms with Gasteiger partial charge in [-0.05, 0) is 37.3 Å². The highest BCUT2D eigenvalue weighted by atomic mass is 35.5. The molecule has 8 heteroatoms. The van der Waals surface area contributed by atoms with E-state index in [1.54, 1.807) is 24.3 Å². The van der Waals surface area contributed by atoms with Gasteiger partial charge in [0.2, 0.25) is 15.9 Å². The topological polar surface area (TPSA) is 66.9 Å². The lowest BCUT2D eigenvalue weighted by molar-refractivity contribution is -0.117. The number of rotatable bonds is 7. The fraction of sp³-hybridized carbons (Fsp3) is 0.278. The van der Waals surface area contributed by atoms with E-state index in [2.05, 4.69) is 0 Å². The van der Waals surface area contributed by atoms with E-state index in [0.29, 0.717) is 23.0 Å². The molecular formula is C18H21ClN2O4S. The Bertz CT molecular complexity index is 872. The molecule has 140 valence electrons. The highest BCUT2D eigenvalue weighted by Crippen LogP contribution is 2.33. The average molecular weight is 397 g/mol. The Kier molecular flexibility index (Phi) is 6.50. The van der Waals surface area contributed by atoms with Crippen LogP contribution in [0.15, 0.2) is 48.5 Å². The molecule has 0 saturated carbocycles. The molecule has 0 atom stereocenters. The normalized spacial score (nSPS) is 11.1. The summed E-state index contributed by atoms with van der Waals surface area (Å²) < 4.78 is 30.9. The molecule has 0 aliphatic heterocycles. The lowest BCUT2D eigenvalue weighted by Gasteiger charge is -2.27. The molecule has 0 unspecified atom stereocenters. The predicted octanol–water partition coefficient (Wildman–Crippen LogP) is 3.17.